The van der Waals surface area contributed by atoms with Crippen LogP contribution in [0.15, 0.2) is 82.0 Å². The summed E-state index contributed by atoms with van der Waals surface area (Å²) in [4.78, 5) is 13.0. The Morgan fingerprint density at radius 2 is 1.53 bits per heavy atom. The van der Waals surface area contributed by atoms with Crippen LogP contribution in [0.4, 0.5) is 0 Å². The van der Waals surface area contributed by atoms with E-state index in [9.17, 15) is 4.79 Å². The van der Waals surface area contributed by atoms with E-state index in [1.54, 1.807) is 0 Å². The lowest BCUT2D eigenvalue weighted by atomic mass is 9.85. The van der Waals surface area contributed by atoms with Crippen molar-refractivity contribution in [1.29, 1.82) is 0 Å². The molecule has 0 N–H and O–H groups in total. The molecule has 0 atom stereocenters. The molecule has 148 valence electrons. The summed E-state index contributed by atoms with van der Waals surface area (Å²) >= 11 is 0. The Morgan fingerprint density at radius 1 is 0.833 bits per heavy atom. The molecule has 0 aliphatic rings. The minimum Gasteiger partial charge on any atom is -0.422 e. The fourth-order valence-electron chi connectivity index (χ4n) is 3.44. The Labute approximate surface area is 177 Å². The van der Waals surface area contributed by atoms with Crippen LogP contribution >= 0.6 is 0 Å². The van der Waals surface area contributed by atoms with E-state index < -0.39 is 0 Å². The molecule has 0 bridgehead atoms. The fraction of sp³-hybridized carbons (Fsp3) is 0.179. The molecular formula is C28H24O2. The third-order valence-electron chi connectivity index (χ3n) is 5.22. The zero-order chi connectivity index (χ0) is 21.3. The summed E-state index contributed by atoms with van der Waals surface area (Å²) in [6.45, 7) is 8.56. The van der Waals surface area contributed by atoms with Gasteiger partial charge in [-0.3, -0.25) is 0 Å². The maximum atomic E-state index is 13.0. The largest absolute Gasteiger partial charge is 0.422 e. The van der Waals surface area contributed by atoms with E-state index >= 15 is 0 Å². The highest BCUT2D eigenvalue weighted by Crippen LogP contribution is 2.31. The molecule has 0 saturated carbocycles. The van der Waals surface area contributed by atoms with Crippen LogP contribution in [0.2, 0.25) is 0 Å². The molecule has 30 heavy (non-hydrogen) atoms. The number of fused-ring (bicyclic) bond motifs is 1. The van der Waals surface area contributed by atoms with Crippen molar-refractivity contribution in [3.63, 3.8) is 0 Å². The molecule has 0 radical (unpaired) electrons. The van der Waals surface area contributed by atoms with E-state index in [0.29, 0.717) is 16.7 Å². The van der Waals surface area contributed by atoms with E-state index in [4.69, 9.17) is 4.42 Å². The van der Waals surface area contributed by atoms with E-state index in [0.717, 1.165) is 16.5 Å². The summed E-state index contributed by atoms with van der Waals surface area (Å²) in [6, 6.07) is 23.7. The van der Waals surface area contributed by atoms with E-state index in [2.05, 4.69) is 45.6 Å². The molecule has 3 aromatic carbocycles. The van der Waals surface area contributed by atoms with Gasteiger partial charge in [0.1, 0.15) is 5.58 Å². The fourth-order valence-corrected chi connectivity index (χ4v) is 3.44. The van der Waals surface area contributed by atoms with Gasteiger partial charge in [-0.1, -0.05) is 86.7 Å². The highest BCUT2D eigenvalue weighted by Gasteiger charge is 2.19. The van der Waals surface area contributed by atoms with Crippen molar-refractivity contribution >= 4 is 11.0 Å². The minimum atomic E-state index is -0.370. The third-order valence-corrected chi connectivity index (χ3v) is 5.22. The van der Waals surface area contributed by atoms with Crippen LogP contribution in [-0.4, -0.2) is 0 Å². The van der Waals surface area contributed by atoms with Crippen molar-refractivity contribution < 1.29 is 4.42 Å². The Balaban J connectivity index is 2.04. The van der Waals surface area contributed by atoms with Gasteiger partial charge in [0.25, 0.3) is 0 Å². The summed E-state index contributed by atoms with van der Waals surface area (Å²) in [5.74, 6) is 6.55. The van der Waals surface area contributed by atoms with E-state index in [-0.39, 0.29) is 11.0 Å². The summed E-state index contributed by atoms with van der Waals surface area (Å²) in [5, 5.41) is 0.862. The van der Waals surface area contributed by atoms with E-state index in [1.807, 2.05) is 66.7 Å². The molecule has 4 rings (SSSR count). The predicted molar refractivity (Wildman–Crippen MR) is 124 cm³/mol. The smallest absolute Gasteiger partial charge is 0.345 e. The number of hydrogen-bond donors (Lipinski definition) is 0. The van der Waals surface area contributed by atoms with Gasteiger partial charge >= 0.3 is 5.63 Å². The topological polar surface area (TPSA) is 30.2 Å². The van der Waals surface area contributed by atoms with Gasteiger partial charge in [0, 0.05) is 10.9 Å². The minimum absolute atomic E-state index is 0.0289. The molecule has 0 fully saturated rings. The van der Waals surface area contributed by atoms with Gasteiger partial charge in [-0.2, -0.15) is 0 Å². The van der Waals surface area contributed by atoms with E-state index in [1.165, 1.54) is 11.1 Å². The van der Waals surface area contributed by atoms with Gasteiger partial charge in [-0.05, 0) is 47.7 Å². The average Bonchev–Trinajstić information content (AvgIpc) is 2.72. The molecule has 2 nitrogen and oxygen atoms in total. The van der Waals surface area contributed by atoms with Crippen molar-refractivity contribution in [2.45, 2.75) is 33.1 Å². The average molecular weight is 392 g/mol. The molecule has 0 aliphatic heterocycles. The van der Waals surface area contributed by atoms with Crippen LogP contribution < -0.4 is 5.63 Å². The zero-order valence-corrected chi connectivity index (χ0v) is 17.7. The second-order valence-electron chi connectivity index (χ2n) is 8.58. The Bertz CT molecular complexity index is 1320. The first-order valence-electron chi connectivity index (χ1n) is 10.1. The van der Waals surface area contributed by atoms with Gasteiger partial charge in [0.15, 0.2) is 0 Å². The monoisotopic (exact) mass is 392 g/mol. The number of rotatable bonds is 1. The Hall–Kier alpha value is -3.57. The molecule has 0 amide bonds. The van der Waals surface area contributed by atoms with Crippen molar-refractivity contribution in [3.05, 3.63) is 105 Å². The Kier molecular flexibility index (Phi) is 5.06. The molecule has 4 aromatic rings. The van der Waals surface area contributed by atoms with Crippen LogP contribution in [0.5, 0.6) is 0 Å². The highest BCUT2D eigenvalue weighted by molar-refractivity contribution is 5.91. The van der Waals surface area contributed by atoms with Crippen LogP contribution in [-0.2, 0) is 5.41 Å². The van der Waals surface area contributed by atoms with Crippen LogP contribution in [0.25, 0.3) is 22.1 Å². The Morgan fingerprint density at radius 3 is 2.20 bits per heavy atom. The molecule has 0 aliphatic carbocycles. The lowest BCUT2D eigenvalue weighted by Gasteiger charge is -2.19. The maximum Gasteiger partial charge on any atom is 0.345 e. The quantitative estimate of drug-likeness (QED) is 0.275. The van der Waals surface area contributed by atoms with Gasteiger partial charge in [-0.15, -0.1) is 0 Å². The summed E-state index contributed by atoms with van der Waals surface area (Å²) in [6.07, 6.45) is 0. The summed E-state index contributed by atoms with van der Waals surface area (Å²) < 4.78 is 5.70. The first kappa shape index (κ1) is 19.7. The second kappa shape index (κ2) is 7.69. The molecule has 0 unspecified atom stereocenters. The SMILES string of the molecule is Cc1ccc(C#Cc2c(-c3ccccc3)c(=O)oc3ccc(C(C)(C)C)cc23)cc1. The van der Waals surface area contributed by atoms with Crippen molar-refractivity contribution in [1.82, 2.24) is 0 Å². The van der Waals surface area contributed by atoms with Crippen LogP contribution in [0.1, 0.15) is 43.0 Å². The van der Waals surface area contributed by atoms with Crippen molar-refractivity contribution in [3.8, 4) is 23.0 Å². The van der Waals surface area contributed by atoms with Gasteiger partial charge < -0.3 is 4.42 Å². The molecular weight excluding hydrogens is 368 g/mol. The third kappa shape index (κ3) is 3.93. The predicted octanol–water partition coefficient (Wildman–Crippen LogP) is 6.47. The lowest BCUT2D eigenvalue weighted by molar-refractivity contribution is 0.560. The zero-order valence-electron chi connectivity index (χ0n) is 17.7. The summed E-state index contributed by atoms with van der Waals surface area (Å²) in [7, 11) is 0. The molecule has 1 heterocycles. The first-order chi connectivity index (χ1) is 14.3. The normalized spacial score (nSPS) is 11.2. The molecule has 1 aromatic heterocycles. The number of hydrogen-bond acceptors (Lipinski definition) is 2. The lowest BCUT2D eigenvalue weighted by Crippen LogP contribution is -2.12. The van der Waals surface area contributed by atoms with Crippen LogP contribution in [0, 0.1) is 18.8 Å². The summed E-state index contributed by atoms with van der Waals surface area (Å²) in [5.41, 5.74) is 5.45. The molecule has 0 spiro atoms. The first-order valence-corrected chi connectivity index (χ1v) is 10.1. The van der Waals surface area contributed by atoms with Gasteiger partial charge in [0.2, 0.25) is 0 Å². The van der Waals surface area contributed by atoms with Crippen molar-refractivity contribution in [2.75, 3.05) is 0 Å². The standard InChI is InChI=1S/C28H24O2/c1-19-10-12-20(13-11-19)14-16-23-24-18-22(28(2,3)4)15-17-25(24)30-27(29)26(23)21-8-6-5-7-9-21/h5-13,15,17-18H,1-4H3. The maximum absolute atomic E-state index is 13.0. The second-order valence-corrected chi connectivity index (χ2v) is 8.58. The number of aryl methyl sites for hydroxylation is 1. The molecule has 2 heteroatoms. The van der Waals surface area contributed by atoms with Crippen molar-refractivity contribution in [2.24, 2.45) is 0 Å². The van der Waals surface area contributed by atoms with Crippen LogP contribution in [0.3, 0.4) is 0 Å². The number of benzene rings is 3. The molecule has 0 saturated heterocycles. The van der Waals surface area contributed by atoms with Gasteiger partial charge in [-0.25, -0.2) is 4.79 Å². The highest BCUT2D eigenvalue weighted by atomic mass is 16.4. The van der Waals surface area contributed by atoms with Gasteiger partial charge in [0.05, 0.1) is 11.1 Å².